The van der Waals surface area contributed by atoms with Crippen LogP contribution in [0.3, 0.4) is 0 Å². The predicted octanol–water partition coefficient (Wildman–Crippen LogP) is 3.79. The molecule has 2 fully saturated rings. The zero-order valence-corrected chi connectivity index (χ0v) is 21.7. The number of ketones is 1. The largest absolute Gasteiger partial charge is 0.395 e. The molecule has 2 aliphatic rings. The molecular formula is C29H39FN4O3. The smallest absolute Gasteiger partial charge is 0.319 e. The molecule has 2 saturated heterocycles. The maximum absolute atomic E-state index is 13.3. The van der Waals surface area contributed by atoms with Gasteiger partial charge in [0.2, 0.25) is 0 Å². The van der Waals surface area contributed by atoms with Crippen LogP contribution in [0, 0.1) is 17.7 Å². The van der Waals surface area contributed by atoms with Crippen molar-refractivity contribution >= 4 is 17.5 Å². The lowest BCUT2D eigenvalue weighted by molar-refractivity contribution is 0.0814. The Bertz CT molecular complexity index is 1050. The number of hydrogen-bond acceptors (Lipinski definition) is 5. The van der Waals surface area contributed by atoms with E-state index in [0.29, 0.717) is 36.2 Å². The van der Waals surface area contributed by atoms with Crippen LogP contribution >= 0.6 is 0 Å². The Labute approximate surface area is 219 Å². The van der Waals surface area contributed by atoms with Gasteiger partial charge in [-0.1, -0.05) is 24.3 Å². The molecule has 2 amide bonds. The van der Waals surface area contributed by atoms with Crippen molar-refractivity contribution in [1.29, 1.82) is 0 Å². The Kier molecular flexibility index (Phi) is 9.66. The molecule has 0 bridgehead atoms. The van der Waals surface area contributed by atoms with Crippen molar-refractivity contribution < 1.29 is 19.1 Å². The summed E-state index contributed by atoms with van der Waals surface area (Å²) in [6.45, 7) is 6.76. The van der Waals surface area contributed by atoms with Crippen LogP contribution in [0.15, 0.2) is 48.5 Å². The maximum atomic E-state index is 13.3. The van der Waals surface area contributed by atoms with Crippen LogP contribution in [0.2, 0.25) is 0 Å². The third kappa shape index (κ3) is 8.09. The molecule has 37 heavy (non-hydrogen) atoms. The van der Waals surface area contributed by atoms with E-state index in [0.717, 1.165) is 45.4 Å². The molecule has 0 spiro atoms. The zero-order valence-electron chi connectivity index (χ0n) is 21.7. The van der Waals surface area contributed by atoms with Crippen molar-refractivity contribution in [2.24, 2.45) is 11.8 Å². The second-order valence-corrected chi connectivity index (χ2v) is 10.5. The number of nitrogens with zero attached hydrogens (tertiary/aromatic N) is 2. The van der Waals surface area contributed by atoms with Crippen LogP contribution < -0.4 is 10.6 Å². The fourth-order valence-electron chi connectivity index (χ4n) is 5.72. The lowest BCUT2D eigenvalue weighted by Crippen LogP contribution is -2.56. The van der Waals surface area contributed by atoms with Crippen LogP contribution in [-0.4, -0.2) is 78.6 Å². The molecule has 0 saturated carbocycles. The first kappa shape index (κ1) is 27.2. The highest BCUT2D eigenvalue weighted by atomic mass is 19.1. The first-order chi connectivity index (χ1) is 17.9. The van der Waals surface area contributed by atoms with E-state index in [1.54, 1.807) is 24.3 Å². The second-order valence-electron chi connectivity index (χ2n) is 10.5. The molecule has 4 rings (SSSR count). The first-order valence-corrected chi connectivity index (χ1v) is 13.4. The number of urea groups is 1. The van der Waals surface area contributed by atoms with Crippen LogP contribution in [-0.2, 0) is 6.42 Å². The third-order valence-corrected chi connectivity index (χ3v) is 7.63. The number of halogens is 1. The molecule has 2 heterocycles. The zero-order chi connectivity index (χ0) is 26.2. The summed E-state index contributed by atoms with van der Waals surface area (Å²) in [4.78, 5) is 29.3. The highest BCUT2D eigenvalue weighted by Gasteiger charge is 2.33. The van der Waals surface area contributed by atoms with Gasteiger partial charge >= 0.3 is 6.03 Å². The number of benzene rings is 2. The minimum absolute atomic E-state index is 0.0460. The van der Waals surface area contributed by atoms with Gasteiger partial charge in [-0.3, -0.25) is 9.69 Å². The van der Waals surface area contributed by atoms with Crippen LogP contribution in [0.1, 0.15) is 42.1 Å². The van der Waals surface area contributed by atoms with E-state index in [4.69, 9.17) is 0 Å². The van der Waals surface area contributed by atoms with Crippen molar-refractivity contribution in [3.63, 3.8) is 0 Å². The van der Waals surface area contributed by atoms with Gasteiger partial charge in [0.05, 0.1) is 6.61 Å². The van der Waals surface area contributed by atoms with Crippen LogP contribution in [0.25, 0.3) is 0 Å². The van der Waals surface area contributed by atoms with Gasteiger partial charge in [-0.15, -0.1) is 0 Å². The standard InChI is InChI=1S/C29H39FN4O3/c1-21(36)24-5-2-6-27(17-24)31-29(37)32-28-20-33(14-15-35)13-11-25(28)19-34-12-3-4-23(18-34)16-22-7-9-26(30)10-8-22/h2,5-10,17,23,25,28,35H,3-4,11-16,18-20H2,1H3,(H2,31,32,37)/t23?,25-,28-/m0/s1. The van der Waals surface area contributed by atoms with Crippen molar-refractivity contribution in [1.82, 2.24) is 15.1 Å². The minimum atomic E-state index is -0.283. The van der Waals surface area contributed by atoms with Gasteiger partial charge in [0.25, 0.3) is 0 Å². The van der Waals surface area contributed by atoms with Crippen molar-refractivity contribution in [2.75, 3.05) is 51.2 Å². The molecule has 0 radical (unpaired) electrons. The number of carbonyl (C=O) groups excluding carboxylic acids is 2. The van der Waals surface area contributed by atoms with Gasteiger partial charge in [-0.2, -0.15) is 0 Å². The molecule has 8 heteroatoms. The van der Waals surface area contributed by atoms with Gasteiger partial charge in [0.1, 0.15) is 5.82 Å². The van der Waals surface area contributed by atoms with Gasteiger partial charge in [-0.25, -0.2) is 9.18 Å². The number of rotatable bonds is 9. The fraction of sp³-hybridized carbons (Fsp3) is 0.517. The average Bonchev–Trinajstić information content (AvgIpc) is 2.87. The van der Waals surface area contributed by atoms with E-state index in [1.165, 1.54) is 31.0 Å². The van der Waals surface area contributed by atoms with E-state index < -0.39 is 0 Å². The quantitative estimate of drug-likeness (QED) is 0.447. The SMILES string of the molecule is CC(=O)c1cccc(NC(=O)N[C@H]2CN(CCO)CC[C@H]2CN2CCCC(Cc3ccc(F)cc3)C2)c1. The molecule has 2 aromatic rings. The third-order valence-electron chi connectivity index (χ3n) is 7.63. The van der Waals surface area contributed by atoms with Crippen molar-refractivity contribution in [3.8, 4) is 0 Å². The number of amides is 2. The van der Waals surface area contributed by atoms with Crippen LogP contribution in [0.5, 0.6) is 0 Å². The number of Topliss-reactive ketones (excluding diaryl/α,β-unsaturated/α-hetero) is 1. The monoisotopic (exact) mass is 510 g/mol. The molecule has 7 nitrogen and oxygen atoms in total. The highest BCUT2D eigenvalue weighted by molar-refractivity contribution is 5.96. The molecule has 0 aromatic heterocycles. The molecule has 200 valence electrons. The number of carbonyl (C=O) groups is 2. The van der Waals surface area contributed by atoms with Gasteiger partial charge in [0.15, 0.2) is 5.78 Å². The summed E-state index contributed by atoms with van der Waals surface area (Å²) >= 11 is 0. The Morgan fingerprint density at radius 1 is 1.05 bits per heavy atom. The van der Waals surface area contributed by atoms with Crippen molar-refractivity contribution in [2.45, 2.75) is 38.6 Å². The molecule has 3 atom stereocenters. The predicted molar refractivity (Wildman–Crippen MR) is 143 cm³/mol. The van der Waals surface area contributed by atoms with E-state index in [-0.39, 0.29) is 30.3 Å². The minimum Gasteiger partial charge on any atom is -0.395 e. The number of aliphatic hydroxyl groups excluding tert-OH is 1. The maximum Gasteiger partial charge on any atom is 0.319 e. The highest BCUT2D eigenvalue weighted by Crippen LogP contribution is 2.25. The van der Waals surface area contributed by atoms with Gasteiger partial charge in [0, 0.05) is 43.5 Å². The van der Waals surface area contributed by atoms with Crippen LogP contribution in [0.4, 0.5) is 14.9 Å². The number of hydrogen-bond donors (Lipinski definition) is 3. The van der Waals surface area contributed by atoms with E-state index in [2.05, 4.69) is 20.4 Å². The number of anilines is 1. The molecule has 1 unspecified atom stereocenters. The number of likely N-dealkylation sites (tertiary alicyclic amines) is 2. The average molecular weight is 511 g/mol. The number of β-amino-alcohol motifs (C(OH)–C–C–N with tert-alkyl or cyclic N) is 1. The Hall–Kier alpha value is -2.81. The summed E-state index contributed by atoms with van der Waals surface area (Å²) in [5, 5.41) is 15.5. The normalized spacial score (nSPS) is 22.9. The Balaban J connectivity index is 1.36. The lowest BCUT2D eigenvalue weighted by Gasteiger charge is -2.42. The van der Waals surface area contributed by atoms with Gasteiger partial charge < -0.3 is 20.6 Å². The summed E-state index contributed by atoms with van der Waals surface area (Å²) < 4.78 is 13.3. The van der Waals surface area contributed by atoms with E-state index >= 15 is 0 Å². The molecule has 3 N–H and O–H groups in total. The summed E-state index contributed by atoms with van der Waals surface area (Å²) in [6, 6.07) is 13.5. The first-order valence-electron chi connectivity index (χ1n) is 13.4. The topological polar surface area (TPSA) is 84.9 Å². The fourth-order valence-corrected chi connectivity index (χ4v) is 5.72. The Morgan fingerprint density at radius 3 is 2.62 bits per heavy atom. The number of piperidine rings is 2. The number of nitrogens with one attached hydrogen (secondary N) is 2. The molecule has 2 aromatic carbocycles. The second kappa shape index (κ2) is 13.1. The van der Waals surface area contributed by atoms with E-state index in [1.807, 2.05) is 12.1 Å². The van der Waals surface area contributed by atoms with E-state index in [9.17, 15) is 19.1 Å². The van der Waals surface area contributed by atoms with Crippen molar-refractivity contribution in [3.05, 3.63) is 65.5 Å². The summed E-state index contributed by atoms with van der Waals surface area (Å²) in [6.07, 6.45) is 4.21. The molecule has 0 aliphatic carbocycles. The molecule has 2 aliphatic heterocycles. The number of aliphatic hydroxyl groups is 1. The molecular weight excluding hydrogens is 471 g/mol. The Morgan fingerprint density at radius 2 is 1.86 bits per heavy atom. The summed E-state index contributed by atoms with van der Waals surface area (Å²) in [5.74, 6) is 0.594. The van der Waals surface area contributed by atoms with Gasteiger partial charge in [-0.05, 0) is 87.4 Å². The lowest BCUT2D eigenvalue weighted by atomic mass is 9.87. The summed E-state index contributed by atoms with van der Waals surface area (Å²) in [5.41, 5.74) is 2.32. The summed E-state index contributed by atoms with van der Waals surface area (Å²) in [7, 11) is 0.